The summed E-state index contributed by atoms with van der Waals surface area (Å²) in [5, 5.41) is 5.99. The fraction of sp³-hybridized carbons (Fsp3) is 0.409. The van der Waals surface area contributed by atoms with Crippen molar-refractivity contribution in [3.8, 4) is 5.75 Å². The number of carbonyl (C=O) groups is 1. The molecule has 0 fully saturated rings. The Balaban J connectivity index is 0.000000412. The van der Waals surface area contributed by atoms with E-state index in [0.717, 1.165) is 17.5 Å². The summed E-state index contributed by atoms with van der Waals surface area (Å²) < 4.78 is 5.75. The molecule has 0 unspecified atom stereocenters. The molecule has 0 bridgehead atoms. The van der Waals surface area contributed by atoms with Gasteiger partial charge in [-0.05, 0) is 29.7 Å². The second-order valence-corrected chi connectivity index (χ2v) is 6.70. The smallest absolute Gasteiger partial charge is 0.211 e. The summed E-state index contributed by atoms with van der Waals surface area (Å²) in [7, 11) is 0. The Morgan fingerprint density at radius 3 is 2.12 bits per heavy atom. The molecule has 1 amide bonds. The van der Waals surface area contributed by atoms with Crippen LogP contribution in [-0.2, 0) is 17.8 Å². The molecule has 0 aliphatic heterocycles. The van der Waals surface area contributed by atoms with Crippen LogP contribution >= 0.6 is 0 Å². The summed E-state index contributed by atoms with van der Waals surface area (Å²) >= 11 is 0. The molecular weight excluding hydrogens is 324 g/mol. The van der Waals surface area contributed by atoms with Gasteiger partial charge in [0.05, 0.1) is 5.69 Å². The van der Waals surface area contributed by atoms with Crippen LogP contribution in [0.2, 0.25) is 0 Å². The van der Waals surface area contributed by atoms with E-state index >= 15 is 0 Å². The molecule has 0 saturated heterocycles. The van der Waals surface area contributed by atoms with Crippen LogP contribution in [0.1, 0.15) is 45.7 Å². The van der Waals surface area contributed by atoms with E-state index in [-0.39, 0.29) is 0 Å². The molecule has 0 saturated carbocycles. The Morgan fingerprint density at radius 1 is 0.962 bits per heavy atom. The maximum absolute atomic E-state index is 10.6. The zero-order valence-corrected chi connectivity index (χ0v) is 16.6. The van der Waals surface area contributed by atoms with Crippen molar-refractivity contribution < 1.29 is 9.53 Å². The topological polar surface area (TPSA) is 50.4 Å². The Bertz CT molecular complexity index is 634. The van der Waals surface area contributed by atoms with Crippen molar-refractivity contribution in [2.45, 2.75) is 59.7 Å². The fourth-order valence-corrected chi connectivity index (χ4v) is 2.50. The number of anilines is 1. The number of carbonyl (C=O) groups excluding carboxylic acids is 1. The molecule has 26 heavy (non-hydrogen) atoms. The van der Waals surface area contributed by atoms with Crippen LogP contribution in [-0.4, -0.2) is 18.5 Å². The summed E-state index contributed by atoms with van der Waals surface area (Å²) in [4.78, 5) is 10.6. The number of rotatable bonds is 8. The third kappa shape index (κ3) is 8.67. The van der Waals surface area contributed by atoms with Gasteiger partial charge in [0.15, 0.2) is 0 Å². The second kappa shape index (κ2) is 12.1. The first-order valence-corrected chi connectivity index (χ1v) is 9.22. The predicted molar refractivity (Wildman–Crippen MR) is 110 cm³/mol. The van der Waals surface area contributed by atoms with Gasteiger partial charge in [0.25, 0.3) is 0 Å². The molecule has 2 rings (SSSR count). The van der Waals surface area contributed by atoms with Gasteiger partial charge in [-0.3, -0.25) is 4.79 Å². The van der Waals surface area contributed by atoms with Gasteiger partial charge in [0.1, 0.15) is 12.4 Å². The molecule has 0 aromatic heterocycles. The lowest BCUT2D eigenvalue weighted by atomic mass is 10.1. The van der Waals surface area contributed by atoms with Crippen LogP contribution in [0.25, 0.3) is 0 Å². The van der Waals surface area contributed by atoms with Crippen LogP contribution < -0.4 is 15.4 Å². The molecule has 0 spiro atoms. The van der Waals surface area contributed by atoms with E-state index in [9.17, 15) is 4.79 Å². The van der Waals surface area contributed by atoms with Crippen LogP contribution in [0.3, 0.4) is 0 Å². The molecule has 2 aromatic rings. The van der Waals surface area contributed by atoms with Crippen molar-refractivity contribution in [2.24, 2.45) is 0 Å². The summed E-state index contributed by atoms with van der Waals surface area (Å²) in [5.41, 5.74) is 2.97. The molecule has 0 aliphatic rings. The highest BCUT2D eigenvalue weighted by atomic mass is 16.5. The largest absolute Gasteiger partial charge is 0.487 e. The lowest BCUT2D eigenvalue weighted by Crippen LogP contribution is -2.29. The average Bonchev–Trinajstić information content (AvgIpc) is 2.61. The second-order valence-electron chi connectivity index (χ2n) is 6.70. The van der Waals surface area contributed by atoms with Crippen molar-refractivity contribution in [1.82, 2.24) is 5.32 Å². The summed E-state index contributed by atoms with van der Waals surface area (Å²) in [5.74, 6) is 0.688. The number of nitrogens with one attached hydrogen (secondary N) is 2. The number of hydrogen-bond donors (Lipinski definition) is 2. The van der Waals surface area contributed by atoms with E-state index in [4.69, 9.17) is 4.74 Å². The highest BCUT2D eigenvalue weighted by Gasteiger charge is 2.04. The Kier molecular flexibility index (Phi) is 10.1. The first-order valence-electron chi connectivity index (χ1n) is 9.22. The van der Waals surface area contributed by atoms with Gasteiger partial charge in [-0.15, -0.1) is 0 Å². The van der Waals surface area contributed by atoms with Gasteiger partial charge < -0.3 is 15.4 Å². The van der Waals surface area contributed by atoms with E-state index in [1.165, 1.54) is 0 Å². The Labute approximate surface area is 158 Å². The maximum atomic E-state index is 10.6. The molecule has 142 valence electrons. The van der Waals surface area contributed by atoms with Crippen molar-refractivity contribution in [2.75, 3.05) is 5.32 Å². The number of ether oxygens (including phenoxy) is 1. The van der Waals surface area contributed by atoms with Crippen LogP contribution in [0.5, 0.6) is 5.75 Å². The minimum absolute atomic E-state index is 0.486. The van der Waals surface area contributed by atoms with Gasteiger partial charge in [-0.2, -0.15) is 0 Å². The third-order valence-corrected chi connectivity index (χ3v) is 3.57. The third-order valence-electron chi connectivity index (χ3n) is 3.57. The van der Waals surface area contributed by atoms with Gasteiger partial charge >= 0.3 is 0 Å². The summed E-state index contributed by atoms with van der Waals surface area (Å²) in [6.45, 7) is 11.2. The van der Waals surface area contributed by atoms with E-state index in [0.29, 0.717) is 36.5 Å². The van der Waals surface area contributed by atoms with Gasteiger partial charge in [-0.25, -0.2) is 0 Å². The Hall–Kier alpha value is -2.33. The van der Waals surface area contributed by atoms with E-state index in [2.05, 4.69) is 45.3 Å². The highest BCUT2D eigenvalue weighted by Crippen LogP contribution is 2.26. The quantitative estimate of drug-likeness (QED) is 0.669. The Morgan fingerprint density at radius 2 is 1.62 bits per heavy atom. The minimum Gasteiger partial charge on any atom is -0.487 e. The van der Waals surface area contributed by atoms with Gasteiger partial charge in [0.2, 0.25) is 6.41 Å². The number of amides is 1. The molecule has 4 nitrogen and oxygen atoms in total. The predicted octanol–water partition coefficient (Wildman–Crippen LogP) is 4.79. The lowest BCUT2D eigenvalue weighted by Gasteiger charge is -2.12. The van der Waals surface area contributed by atoms with Crippen LogP contribution in [0.15, 0.2) is 48.5 Å². The van der Waals surface area contributed by atoms with E-state index in [1.54, 1.807) is 0 Å². The van der Waals surface area contributed by atoms with Crippen LogP contribution in [0.4, 0.5) is 5.69 Å². The zero-order valence-electron chi connectivity index (χ0n) is 16.6. The number of hydrogen-bond acceptors (Lipinski definition) is 3. The van der Waals surface area contributed by atoms with E-state index < -0.39 is 0 Å². The first kappa shape index (κ1) is 21.7. The lowest BCUT2D eigenvalue weighted by molar-refractivity contribution is -0.105. The first-order chi connectivity index (χ1) is 12.5. The standard InChI is InChI=1S/C16H17NO2.C6H15N/c1-2-13-8-9-16(15(10-13)17-12-18)19-11-14-6-4-3-5-7-14;1-5(2)7-6(3)4/h3-10,12H,2,11H2,1H3,(H,17,18);5-7H,1-4H3. The maximum Gasteiger partial charge on any atom is 0.211 e. The average molecular weight is 357 g/mol. The fourth-order valence-electron chi connectivity index (χ4n) is 2.50. The number of benzene rings is 2. The molecule has 2 aromatic carbocycles. The van der Waals surface area contributed by atoms with E-state index in [1.807, 2.05) is 48.5 Å². The van der Waals surface area contributed by atoms with Crippen LogP contribution in [0, 0.1) is 0 Å². The summed E-state index contributed by atoms with van der Waals surface area (Å²) in [6.07, 6.45) is 1.59. The molecule has 4 heteroatoms. The van der Waals surface area contributed by atoms with Crippen molar-refractivity contribution in [3.05, 3.63) is 59.7 Å². The number of aryl methyl sites for hydroxylation is 1. The molecule has 0 atom stereocenters. The molecule has 2 N–H and O–H groups in total. The molecule has 0 radical (unpaired) electrons. The zero-order chi connectivity index (χ0) is 19.4. The molecule has 0 aliphatic carbocycles. The molecule has 0 heterocycles. The van der Waals surface area contributed by atoms with Gasteiger partial charge in [0, 0.05) is 12.1 Å². The summed E-state index contributed by atoms with van der Waals surface area (Å²) in [6, 6.07) is 17.0. The SMILES string of the molecule is CC(C)NC(C)C.CCc1ccc(OCc2ccccc2)c(NC=O)c1. The minimum atomic E-state index is 0.486. The van der Waals surface area contributed by atoms with Gasteiger partial charge in [-0.1, -0.05) is 71.0 Å². The normalized spacial score (nSPS) is 10.3. The monoisotopic (exact) mass is 356 g/mol. The highest BCUT2D eigenvalue weighted by molar-refractivity contribution is 5.75. The van der Waals surface area contributed by atoms with Crippen molar-refractivity contribution >= 4 is 12.1 Å². The van der Waals surface area contributed by atoms with Crippen molar-refractivity contribution in [3.63, 3.8) is 0 Å². The molecular formula is C22H32N2O2. The van der Waals surface area contributed by atoms with Crippen molar-refractivity contribution in [1.29, 1.82) is 0 Å².